The molecule has 2 aromatic rings. The first kappa shape index (κ1) is 17.5. The summed E-state index contributed by atoms with van der Waals surface area (Å²) in [6.45, 7) is 6.13. The maximum Gasteiger partial charge on any atom is 0.416 e. The average Bonchev–Trinajstić information content (AvgIpc) is 2.45. The third-order valence-electron chi connectivity index (χ3n) is 3.48. The fourth-order valence-electron chi connectivity index (χ4n) is 2.30. The van der Waals surface area contributed by atoms with E-state index in [-0.39, 0.29) is 5.41 Å². The highest BCUT2D eigenvalue weighted by atomic mass is 19.4. The molecule has 0 unspecified atom stereocenters. The van der Waals surface area contributed by atoms with Crippen molar-refractivity contribution in [2.45, 2.75) is 39.5 Å². The Labute approximate surface area is 134 Å². The number of alkyl halides is 3. The van der Waals surface area contributed by atoms with Crippen LogP contribution >= 0.6 is 0 Å². The van der Waals surface area contributed by atoms with Gasteiger partial charge < -0.3 is 5.11 Å². The van der Waals surface area contributed by atoms with E-state index in [2.05, 4.69) is 4.98 Å². The van der Waals surface area contributed by atoms with E-state index >= 15 is 0 Å². The maximum absolute atomic E-state index is 12.6. The van der Waals surface area contributed by atoms with Crippen molar-refractivity contribution in [3.05, 3.63) is 53.7 Å². The molecule has 1 aromatic carbocycles. The molecular weight excluding hydrogens is 303 g/mol. The molecule has 1 N–H and O–H groups in total. The lowest BCUT2D eigenvalue weighted by Crippen LogP contribution is -2.11. The molecule has 0 aliphatic carbocycles. The molecular formula is C18H20F3NO. The number of aliphatic hydroxyl groups excluding tert-OH is 1. The van der Waals surface area contributed by atoms with Crippen LogP contribution in [0.5, 0.6) is 0 Å². The summed E-state index contributed by atoms with van der Waals surface area (Å²) in [5.41, 5.74) is 1.19. The summed E-state index contributed by atoms with van der Waals surface area (Å²) in [6.07, 6.45) is -2.77. The zero-order valence-electron chi connectivity index (χ0n) is 13.4. The Hall–Kier alpha value is -1.88. The van der Waals surface area contributed by atoms with E-state index in [1.54, 1.807) is 18.3 Å². The Bertz CT molecular complexity index is 640. The lowest BCUT2D eigenvalue weighted by atomic mass is 9.87. The molecule has 2 nitrogen and oxygen atoms in total. The number of halogens is 3. The number of hydrogen-bond acceptors (Lipinski definition) is 2. The average molecular weight is 323 g/mol. The van der Waals surface area contributed by atoms with Gasteiger partial charge in [0.2, 0.25) is 0 Å². The highest BCUT2D eigenvalue weighted by Gasteiger charge is 2.30. The van der Waals surface area contributed by atoms with Gasteiger partial charge in [0.05, 0.1) is 17.4 Å². The highest BCUT2D eigenvalue weighted by molar-refractivity contribution is 5.59. The third kappa shape index (κ3) is 4.79. The Morgan fingerprint density at radius 2 is 1.61 bits per heavy atom. The second-order valence-corrected chi connectivity index (χ2v) is 6.83. The lowest BCUT2D eigenvalue weighted by Gasteiger charge is -2.22. The molecule has 2 rings (SSSR count). The molecule has 0 saturated carbocycles. The molecule has 5 heteroatoms. The van der Waals surface area contributed by atoms with Crippen molar-refractivity contribution in [2.24, 2.45) is 5.41 Å². The van der Waals surface area contributed by atoms with Crippen molar-refractivity contribution < 1.29 is 18.3 Å². The van der Waals surface area contributed by atoms with Crippen LogP contribution in [-0.2, 0) is 6.18 Å². The molecule has 0 aliphatic heterocycles. The molecule has 0 bridgehead atoms. The van der Waals surface area contributed by atoms with Crippen LogP contribution in [0.3, 0.4) is 0 Å². The molecule has 124 valence electrons. The number of aliphatic hydroxyl groups is 1. The van der Waals surface area contributed by atoms with Gasteiger partial charge in [-0.25, -0.2) is 0 Å². The zero-order chi connectivity index (χ0) is 17.3. The molecule has 0 spiro atoms. The van der Waals surface area contributed by atoms with E-state index < -0.39 is 17.8 Å². The van der Waals surface area contributed by atoms with Gasteiger partial charge in [-0.15, -0.1) is 0 Å². The van der Waals surface area contributed by atoms with Crippen molar-refractivity contribution >= 4 is 0 Å². The van der Waals surface area contributed by atoms with Gasteiger partial charge in [0, 0.05) is 11.8 Å². The highest BCUT2D eigenvalue weighted by Crippen LogP contribution is 2.32. The molecule has 0 fully saturated rings. The summed E-state index contributed by atoms with van der Waals surface area (Å²) in [5.74, 6) is 0. The Morgan fingerprint density at radius 1 is 1.00 bits per heavy atom. The molecule has 1 aromatic heterocycles. The predicted molar refractivity (Wildman–Crippen MR) is 83.7 cm³/mol. The molecule has 1 heterocycles. The first-order valence-corrected chi connectivity index (χ1v) is 7.38. The molecule has 0 amide bonds. The number of aromatic nitrogens is 1. The molecule has 0 radical (unpaired) electrons. The summed E-state index contributed by atoms with van der Waals surface area (Å²) in [7, 11) is 0. The second-order valence-electron chi connectivity index (χ2n) is 6.83. The van der Waals surface area contributed by atoms with Crippen molar-refractivity contribution in [3.63, 3.8) is 0 Å². The lowest BCUT2D eigenvalue weighted by molar-refractivity contribution is -0.137. The van der Waals surface area contributed by atoms with E-state index in [1.165, 1.54) is 12.1 Å². The minimum atomic E-state index is -4.34. The first-order valence-electron chi connectivity index (χ1n) is 7.38. The summed E-state index contributed by atoms with van der Waals surface area (Å²) in [5, 5.41) is 10.2. The topological polar surface area (TPSA) is 33.1 Å². The fourth-order valence-corrected chi connectivity index (χ4v) is 2.30. The minimum absolute atomic E-state index is 0.00842. The normalized spacial score (nSPS) is 13.9. The third-order valence-corrected chi connectivity index (χ3v) is 3.48. The van der Waals surface area contributed by atoms with Gasteiger partial charge >= 0.3 is 6.18 Å². The summed E-state index contributed by atoms with van der Waals surface area (Å²) < 4.78 is 37.7. The van der Waals surface area contributed by atoms with Gasteiger partial charge in [-0.2, -0.15) is 13.2 Å². The molecule has 0 saturated heterocycles. The number of nitrogens with zero attached hydrogens (tertiary/aromatic N) is 1. The van der Waals surface area contributed by atoms with Crippen LogP contribution in [0.4, 0.5) is 13.2 Å². The monoisotopic (exact) mass is 323 g/mol. The zero-order valence-corrected chi connectivity index (χ0v) is 13.4. The number of benzene rings is 1. The van der Waals surface area contributed by atoms with Gasteiger partial charge in [-0.3, -0.25) is 4.98 Å². The van der Waals surface area contributed by atoms with Crippen molar-refractivity contribution in [3.8, 4) is 11.3 Å². The first-order chi connectivity index (χ1) is 10.6. The molecule has 23 heavy (non-hydrogen) atoms. The second kappa shape index (κ2) is 6.32. The summed E-state index contributed by atoms with van der Waals surface area (Å²) in [4.78, 5) is 4.25. The van der Waals surface area contributed by atoms with Crippen LogP contribution in [0.15, 0.2) is 42.6 Å². The predicted octanol–water partition coefficient (Wildman–Crippen LogP) is 5.24. The maximum atomic E-state index is 12.6. The van der Waals surface area contributed by atoms with E-state index in [1.807, 2.05) is 20.8 Å². The van der Waals surface area contributed by atoms with Crippen molar-refractivity contribution in [1.82, 2.24) is 4.98 Å². The standard InChI is InChI=1S/C18H20F3NO/c1-17(2,3)10-16(23)13-6-9-15(22-11-13)12-4-7-14(8-5-12)18(19,20)21/h4-9,11,16,23H,10H2,1-3H3/t16-/m0/s1. The SMILES string of the molecule is CC(C)(C)C[C@H](O)c1ccc(-c2ccc(C(F)(F)F)cc2)nc1. The number of hydrogen-bond donors (Lipinski definition) is 1. The number of rotatable bonds is 3. The van der Waals surface area contributed by atoms with Crippen LogP contribution in [-0.4, -0.2) is 10.1 Å². The van der Waals surface area contributed by atoms with E-state index in [0.29, 0.717) is 23.2 Å². The Kier molecular flexibility index (Phi) is 4.80. The van der Waals surface area contributed by atoms with Crippen LogP contribution in [0.1, 0.15) is 44.4 Å². The molecule has 1 atom stereocenters. The van der Waals surface area contributed by atoms with Crippen LogP contribution < -0.4 is 0 Å². The van der Waals surface area contributed by atoms with Gasteiger partial charge in [0.1, 0.15) is 0 Å². The summed E-state index contributed by atoms with van der Waals surface area (Å²) in [6, 6.07) is 8.35. The van der Waals surface area contributed by atoms with E-state index in [4.69, 9.17) is 0 Å². The quantitative estimate of drug-likeness (QED) is 0.838. The van der Waals surface area contributed by atoms with Crippen LogP contribution in [0.2, 0.25) is 0 Å². The van der Waals surface area contributed by atoms with E-state index in [0.717, 1.165) is 12.1 Å². The fraction of sp³-hybridized carbons (Fsp3) is 0.389. The van der Waals surface area contributed by atoms with Gasteiger partial charge in [0.15, 0.2) is 0 Å². The van der Waals surface area contributed by atoms with E-state index in [9.17, 15) is 18.3 Å². The molecule has 0 aliphatic rings. The summed E-state index contributed by atoms with van der Waals surface area (Å²) >= 11 is 0. The minimum Gasteiger partial charge on any atom is -0.388 e. The van der Waals surface area contributed by atoms with Gasteiger partial charge in [-0.1, -0.05) is 39.0 Å². The Balaban J connectivity index is 2.16. The smallest absolute Gasteiger partial charge is 0.388 e. The number of pyridine rings is 1. The van der Waals surface area contributed by atoms with Gasteiger partial charge in [-0.05, 0) is 35.6 Å². The van der Waals surface area contributed by atoms with Crippen LogP contribution in [0.25, 0.3) is 11.3 Å². The van der Waals surface area contributed by atoms with Crippen LogP contribution in [0, 0.1) is 5.41 Å². The largest absolute Gasteiger partial charge is 0.416 e. The van der Waals surface area contributed by atoms with Crippen molar-refractivity contribution in [1.29, 1.82) is 0 Å². The van der Waals surface area contributed by atoms with Crippen molar-refractivity contribution in [2.75, 3.05) is 0 Å². The van der Waals surface area contributed by atoms with Gasteiger partial charge in [0.25, 0.3) is 0 Å². The Morgan fingerprint density at radius 3 is 2.04 bits per heavy atom.